The Morgan fingerprint density at radius 1 is 1.46 bits per heavy atom. The van der Waals surface area contributed by atoms with Gasteiger partial charge in [0.25, 0.3) is 0 Å². The first-order valence-electron chi connectivity index (χ1n) is 3.99. The maximum absolute atomic E-state index is 13.6. The highest BCUT2D eigenvalue weighted by atomic mass is 79.9. The van der Waals surface area contributed by atoms with Crippen LogP contribution in [0.15, 0.2) is 22.7 Å². The molecule has 1 unspecified atom stereocenters. The molecule has 0 aliphatic carbocycles. The van der Waals surface area contributed by atoms with E-state index >= 15 is 0 Å². The Morgan fingerprint density at radius 3 is 2.62 bits per heavy atom. The van der Waals surface area contributed by atoms with E-state index in [1.165, 1.54) is 6.92 Å². The van der Waals surface area contributed by atoms with Crippen LogP contribution in [0.25, 0.3) is 0 Å². The van der Waals surface area contributed by atoms with Crippen molar-refractivity contribution in [2.45, 2.75) is 19.5 Å². The second kappa shape index (κ2) is 3.74. The molecule has 0 spiro atoms. The third-order valence-electron chi connectivity index (χ3n) is 2.01. The van der Waals surface area contributed by atoms with Gasteiger partial charge in [0.05, 0.1) is 0 Å². The van der Waals surface area contributed by atoms with Gasteiger partial charge in [-0.05, 0) is 37.1 Å². The van der Waals surface area contributed by atoms with Crippen LogP contribution >= 0.6 is 15.9 Å². The summed E-state index contributed by atoms with van der Waals surface area (Å²) in [5.74, 6) is 0. The average Bonchev–Trinajstić information content (AvgIpc) is 2.09. The molecule has 0 fully saturated rings. The number of aryl methyl sites for hydroxylation is 1. The van der Waals surface area contributed by atoms with Crippen LogP contribution in [0.2, 0.25) is 0 Å². The maximum Gasteiger partial charge on any atom is 0.161 e. The zero-order valence-electron chi connectivity index (χ0n) is 7.57. The second-order valence-electron chi connectivity index (χ2n) is 3.29. The van der Waals surface area contributed by atoms with Crippen LogP contribution in [0.4, 0.5) is 8.78 Å². The molecule has 0 heterocycles. The lowest BCUT2D eigenvalue weighted by molar-refractivity contribution is 0.141. The lowest BCUT2D eigenvalue weighted by atomic mass is 9.95. The lowest BCUT2D eigenvalue weighted by Gasteiger charge is -2.19. The number of hydrogen-bond acceptors (Lipinski definition) is 0. The van der Waals surface area contributed by atoms with Crippen molar-refractivity contribution in [2.75, 3.05) is 6.67 Å². The Kier molecular flexibility index (Phi) is 3.06. The number of hydrogen-bond donors (Lipinski definition) is 0. The molecule has 0 aliphatic rings. The third-order valence-corrected chi connectivity index (χ3v) is 2.51. The topological polar surface area (TPSA) is 0 Å². The van der Waals surface area contributed by atoms with Gasteiger partial charge >= 0.3 is 0 Å². The Bertz CT molecular complexity index is 308. The van der Waals surface area contributed by atoms with Crippen LogP contribution < -0.4 is 0 Å². The van der Waals surface area contributed by atoms with Crippen LogP contribution in [0.3, 0.4) is 0 Å². The van der Waals surface area contributed by atoms with Gasteiger partial charge in [0.15, 0.2) is 5.67 Å². The van der Waals surface area contributed by atoms with Crippen LogP contribution in [-0.4, -0.2) is 6.67 Å². The number of halogens is 3. The summed E-state index contributed by atoms with van der Waals surface area (Å²) in [5.41, 5.74) is -0.705. The molecule has 1 aromatic rings. The molecule has 0 aliphatic heterocycles. The van der Waals surface area contributed by atoms with Crippen LogP contribution in [0.5, 0.6) is 0 Å². The van der Waals surface area contributed by atoms with Gasteiger partial charge in [0.2, 0.25) is 0 Å². The van der Waals surface area contributed by atoms with Crippen molar-refractivity contribution in [1.29, 1.82) is 0 Å². The maximum atomic E-state index is 13.6. The monoisotopic (exact) mass is 248 g/mol. The second-order valence-corrected chi connectivity index (χ2v) is 4.21. The van der Waals surface area contributed by atoms with E-state index in [1.807, 2.05) is 6.07 Å². The highest BCUT2D eigenvalue weighted by Crippen LogP contribution is 2.30. The quantitative estimate of drug-likeness (QED) is 0.745. The fourth-order valence-electron chi connectivity index (χ4n) is 1.23. The highest BCUT2D eigenvalue weighted by molar-refractivity contribution is 9.10. The summed E-state index contributed by atoms with van der Waals surface area (Å²) < 4.78 is 26.7. The zero-order chi connectivity index (χ0) is 10.1. The summed E-state index contributed by atoms with van der Waals surface area (Å²) in [7, 11) is 0. The van der Waals surface area contributed by atoms with Gasteiger partial charge in [-0.1, -0.05) is 22.0 Å². The van der Waals surface area contributed by atoms with Gasteiger partial charge in [-0.25, -0.2) is 8.78 Å². The summed E-state index contributed by atoms with van der Waals surface area (Å²) in [6, 6.07) is 5.20. The fraction of sp³-hybridized carbons (Fsp3) is 0.400. The predicted octanol–water partition coefficient (Wildman–Crippen LogP) is 3.91. The van der Waals surface area contributed by atoms with Gasteiger partial charge in [-0.2, -0.15) is 0 Å². The van der Waals surface area contributed by atoms with Crippen molar-refractivity contribution in [3.05, 3.63) is 33.8 Å². The van der Waals surface area contributed by atoms with Crippen LogP contribution in [0, 0.1) is 6.92 Å². The molecule has 0 N–H and O–H groups in total. The minimum absolute atomic E-state index is 0.407. The van der Waals surface area contributed by atoms with Crippen molar-refractivity contribution in [3.63, 3.8) is 0 Å². The SMILES string of the molecule is Cc1ccc(Br)cc1C(C)(F)CF. The van der Waals surface area contributed by atoms with Gasteiger partial charge in [-0.15, -0.1) is 0 Å². The van der Waals surface area contributed by atoms with E-state index in [0.29, 0.717) is 5.56 Å². The molecule has 0 amide bonds. The Balaban J connectivity index is 3.20. The molecule has 1 rings (SSSR count). The molecule has 0 saturated carbocycles. The summed E-state index contributed by atoms with van der Waals surface area (Å²) in [4.78, 5) is 0. The standard InChI is InChI=1S/C10H11BrF2/c1-7-3-4-8(11)5-9(7)10(2,13)6-12/h3-5H,6H2,1-2H3. The van der Waals surface area contributed by atoms with E-state index in [2.05, 4.69) is 15.9 Å². The van der Waals surface area contributed by atoms with Gasteiger partial charge in [0, 0.05) is 4.47 Å². The zero-order valence-corrected chi connectivity index (χ0v) is 9.16. The third kappa shape index (κ3) is 2.27. The Morgan fingerprint density at radius 2 is 2.08 bits per heavy atom. The number of alkyl halides is 2. The molecule has 0 aromatic heterocycles. The van der Waals surface area contributed by atoms with Crippen molar-refractivity contribution in [3.8, 4) is 0 Å². The first-order valence-corrected chi connectivity index (χ1v) is 4.78. The molecule has 13 heavy (non-hydrogen) atoms. The van der Waals surface area contributed by atoms with Crippen molar-refractivity contribution >= 4 is 15.9 Å². The summed E-state index contributed by atoms with van der Waals surface area (Å²) in [6.45, 7) is 2.03. The fourth-order valence-corrected chi connectivity index (χ4v) is 1.59. The van der Waals surface area contributed by atoms with Crippen molar-refractivity contribution < 1.29 is 8.78 Å². The molecule has 0 nitrogen and oxygen atoms in total. The highest BCUT2D eigenvalue weighted by Gasteiger charge is 2.27. The van der Waals surface area contributed by atoms with E-state index in [0.717, 1.165) is 10.0 Å². The van der Waals surface area contributed by atoms with E-state index < -0.39 is 12.3 Å². The largest absolute Gasteiger partial charge is 0.247 e. The van der Waals surface area contributed by atoms with Gasteiger partial charge in [-0.3, -0.25) is 0 Å². The van der Waals surface area contributed by atoms with Crippen molar-refractivity contribution in [1.82, 2.24) is 0 Å². The minimum Gasteiger partial charge on any atom is -0.247 e. The van der Waals surface area contributed by atoms with E-state index in [9.17, 15) is 8.78 Å². The molecular weight excluding hydrogens is 238 g/mol. The Hall–Kier alpha value is -0.440. The normalized spacial score (nSPS) is 15.5. The summed E-state index contributed by atoms with van der Waals surface area (Å²) in [6.07, 6.45) is 0. The van der Waals surface area contributed by atoms with Crippen LogP contribution in [0.1, 0.15) is 18.1 Å². The van der Waals surface area contributed by atoms with Crippen molar-refractivity contribution in [2.24, 2.45) is 0 Å². The van der Waals surface area contributed by atoms with Crippen LogP contribution in [-0.2, 0) is 5.67 Å². The molecule has 0 saturated heterocycles. The predicted molar refractivity (Wildman–Crippen MR) is 53.3 cm³/mol. The lowest BCUT2D eigenvalue weighted by Crippen LogP contribution is -2.19. The minimum atomic E-state index is -1.88. The summed E-state index contributed by atoms with van der Waals surface area (Å²) >= 11 is 3.23. The molecule has 72 valence electrons. The molecule has 1 atom stereocenters. The molecule has 0 radical (unpaired) electrons. The number of rotatable bonds is 2. The van der Waals surface area contributed by atoms with E-state index in [-0.39, 0.29) is 0 Å². The Labute approximate surface area is 85.1 Å². The first kappa shape index (κ1) is 10.6. The smallest absolute Gasteiger partial charge is 0.161 e. The van der Waals surface area contributed by atoms with Gasteiger partial charge < -0.3 is 0 Å². The molecule has 0 bridgehead atoms. The average molecular weight is 249 g/mol. The first-order chi connectivity index (χ1) is 5.97. The molecular formula is C10H11BrF2. The number of benzene rings is 1. The van der Waals surface area contributed by atoms with E-state index in [4.69, 9.17) is 0 Å². The van der Waals surface area contributed by atoms with E-state index in [1.54, 1.807) is 19.1 Å². The molecule has 1 aromatic carbocycles. The molecule has 3 heteroatoms. The van der Waals surface area contributed by atoms with Gasteiger partial charge in [0.1, 0.15) is 6.67 Å². The summed E-state index contributed by atoms with van der Waals surface area (Å²) in [5, 5.41) is 0.